The first-order chi connectivity index (χ1) is 7.23. The van der Waals surface area contributed by atoms with Crippen LogP contribution in [0.25, 0.3) is 0 Å². The van der Waals surface area contributed by atoms with Crippen molar-refractivity contribution >= 4 is 13.7 Å². The van der Waals surface area contributed by atoms with Gasteiger partial charge in [0, 0.05) is 12.1 Å². The van der Waals surface area contributed by atoms with Crippen molar-refractivity contribution in [2.45, 2.75) is 46.0 Å². The molecule has 0 fully saturated rings. The summed E-state index contributed by atoms with van der Waals surface area (Å²) in [4.78, 5) is 1.86. The highest BCUT2D eigenvalue weighted by Gasteiger charge is 2.35. The van der Waals surface area contributed by atoms with Crippen molar-refractivity contribution in [1.82, 2.24) is 10.2 Å². The van der Waals surface area contributed by atoms with Crippen LogP contribution in [-0.4, -0.2) is 22.3 Å². The lowest BCUT2D eigenvalue weighted by molar-refractivity contribution is -0.137. The fraction of sp³-hybridized carbons (Fsp3) is 0.778. The first-order valence-electron chi connectivity index (χ1n) is 5.01. The van der Waals surface area contributed by atoms with Crippen molar-refractivity contribution in [2.24, 2.45) is 0 Å². The van der Waals surface area contributed by atoms with E-state index in [9.17, 15) is 13.2 Å². The molecule has 0 N–H and O–H groups in total. The minimum absolute atomic E-state index is 0.119. The van der Waals surface area contributed by atoms with Crippen LogP contribution in [-0.2, 0) is 6.18 Å². The number of halogens is 3. The van der Waals surface area contributed by atoms with Crippen molar-refractivity contribution < 1.29 is 13.2 Å². The van der Waals surface area contributed by atoms with Gasteiger partial charge in [-0.15, -0.1) is 10.2 Å². The van der Waals surface area contributed by atoms with Gasteiger partial charge in [0.05, 0.1) is 0 Å². The molecule has 1 atom stereocenters. The summed E-state index contributed by atoms with van der Waals surface area (Å²) in [7, 11) is -0.491. The lowest BCUT2D eigenvalue weighted by Gasteiger charge is -2.30. The molecule has 1 aromatic heterocycles. The summed E-state index contributed by atoms with van der Waals surface area (Å²) in [6.45, 7) is 7.72. The van der Waals surface area contributed by atoms with Crippen LogP contribution in [0.2, 0.25) is 0 Å². The van der Waals surface area contributed by atoms with Gasteiger partial charge in [0.2, 0.25) is 0 Å². The molecular formula is C9H15F3N3P. The molecule has 0 saturated heterocycles. The summed E-state index contributed by atoms with van der Waals surface area (Å²) in [6.07, 6.45) is -4.36. The Labute approximate surface area is 94.1 Å². The van der Waals surface area contributed by atoms with Gasteiger partial charge in [-0.05, 0) is 27.7 Å². The van der Waals surface area contributed by atoms with Crippen molar-refractivity contribution in [3.8, 4) is 0 Å². The van der Waals surface area contributed by atoms with Crippen molar-refractivity contribution in [3.05, 3.63) is 5.43 Å². The molecular weight excluding hydrogens is 238 g/mol. The molecule has 1 aromatic rings. The van der Waals surface area contributed by atoms with Gasteiger partial charge in [0.25, 0.3) is 0 Å². The average molecular weight is 253 g/mol. The van der Waals surface area contributed by atoms with Crippen molar-refractivity contribution in [1.29, 1.82) is 0 Å². The van der Waals surface area contributed by atoms with E-state index in [1.807, 2.05) is 32.6 Å². The van der Waals surface area contributed by atoms with Crippen LogP contribution in [0.1, 0.15) is 33.1 Å². The first kappa shape index (κ1) is 13.3. The molecule has 0 aromatic carbocycles. The van der Waals surface area contributed by atoms with Gasteiger partial charge in [0.1, 0.15) is 0 Å². The van der Waals surface area contributed by atoms with Crippen molar-refractivity contribution in [2.75, 3.05) is 4.90 Å². The Balaban J connectivity index is 3.00. The number of hydrogen-bond donors (Lipinski definition) is 0. The van der Waals surface area contributed by atoms with E-state index in [2.05, 4.69) is 10.2 Å². The number of rotatable bonds is 3. The SMILES string of the molecule is CC(C)N(c1nnc(C(F)(F)F)[pH]1)C(C)C. The summed E-state index contributed by atoms with van der Waals surface area (Å²) in [5.74, 6) is 0. The Morgan fingerprint density at radius 2 is 1.56 bits per heavy atom. The monoisotopic (exact) mass is 253 g/mol. The quantitative estimate of drug-likeness (QED) is 0.828. The third kappa shape index (κ3) is 2.88. The molecule has 0 spiro atoms. The maximum atomic E-state index is 12.4. The van der Waals surface area contributed by atoms with Crippen LogP contribution in [0.5, 0.6) is 0 Å². The van der Waals surface area contributed by atoms with Crippen LogP contribution in [0.3, 0.4) is 0 Å². The number of alkyl halides is 3. The average Bonchev–Trinajstić information content (AvgIpc) is 2.50. The molecule has 0 saturated carbocycles. The third-order valence-corrected chi connectivity index (χ3v) is 3.30. The van der Waals surface area contributed by atoms with E-state index < -0.39 is 19.8 Å². The van der Waals surface area contributed by atoms with Crippen LogP contribution < -0.4 is 4.90 Å². The molecule has 0 radical (unpaired) electrons. The predicted octanol–water partition coefficient (Wildman–Crippen LogP) is 3.15. The van der Waals surface area contributed by atoms with Gasteiger partial charge < -0.3 is 4.90 Å². The van der Waals surface area contributed by atoms with Gasteiger partial charge >= 0.3 is 6.18 Å². The maximum Gasteiger partial charge on any atom is 0.438 e. The number of anilines is 1. The van der Waals surface area contributed by atoms with Crippen molar-refractivity contribution in [3.63, 3.8) is 0 Å². The van der Waals surface area contributed by atoms with Crippen LogP contribution in [0.15, 0.2) is 0 Å². The number of nitrogens with zero attached hydrogens (tertiary/aromatic N) is 3. The summed E-state index contributed by atoms with van der Waals surface area (Å²) in [5.41, 5.74) is -0.355. The Kier molecular flexibility index (Phi) is 3.84. The van der Waals surface area contributed by atoms with Gasteiger partial charge in [-0.2, -0.15) is 13.2 Å². The van der Waals surface area contributed by atoms with Gasteiger partial charge in [-0.25, -0.2) is 0 Å². The van der Waals surface area contributed by atoms with E-state index >= 15 is 0 Å². The second-order valence-electron chi connectivity index (χ2n) is 4.09. The number of aromatic nitrogens is 2. The fourth-order valence-corrected chi connectivity index (χ4v) is 2.78. The molecule has 0 aliphatic rings. The van der Waals surface area contributed by atoms with Gasteiger partial charge in [-0.1, -0.05) is 8.19 Å². The van der Waals surface area contributed by atoms with E-state index in [1.54, 1.807) is 0 Å². The van der Waals surface area contributed by atoms with E-state index in [4.69, 9.17) is 0 Å². The van der Waals surface area contributed by atoms with Gasteiger partial charge in [-0.3, -0.25) is 0 Å². The summed E-state index contributed by atoms with van der Waals surface area (Å²) in [6, 6.07) is 0.239. The second kappa shape index (κ2) is 4.62. The van der Waals surface area contributed by atoms with Crippen LogP contribution >= 0.6 is 8.19 Å². The number of hydrogen-bond acceptors (Lipinski definition) is 3. The fourth-order valence-electron chi connectivity index (χ4n) is 1.58. The molecule has 0 amide bonds. The van der Waals surface area contributed by atoms with E-state index in [0.717, 1.165) is 0 Å². The normalized spacial score (nSPS) is 13.1. The summed E-state index contributed by atoms with van der Waals surface area (Å²) in [5, 5.41) is 6.87. The minimum Gasteiger partial charge on any atom is -0.347 e. The van der Waals surface area contributed by atoms with Gasteiger partial charge in [0.15, 0.2) is 11.0 Å². The summed E-state index contributed by atoms with van der Waals surface area (Å²) >= 11 is 0. The molecule has 0 aliphatic carbocycles. The smallest absolute Gasteiger partial charge is 0.347 e. The third-order valence-electron chi connectivity index (χ3n) is 2.10. The molecule has 3 nitrogen and oxygen atoms in total. The molecule has 7 heteroatoms. The Morgan fingerprint density at radius 3 is 1.88 bits per heavy atom. The largest absolute Gasteiger partial charge is 0.438 e. The molecule has 92 valence electrons. The van der Waals surface area contributed by atoms with E-state index in [1.165, 1.54) is 0 Å². The van der Waals surface area contributed by atoms with Crippen LogP contribution in [0, 0.1) is 0 Å². The Hall–Kier alpha value is -0.770. The second-order valence-corrected chi connectivity index (χ2v) is 5.26. The zero-order chi connectivity index (χ0) is 12.5. The lowest BCUT2D eigenvalue weighted by Crippen LogP contribution is -2.36. The zero-order valence-electron chi connectivity index (χ0n) is 9.63. The molecule has 1 rings (SSSR count). The highest BCUT2D eigenvalue weighted by molar-refractivity contribution is 7.35. The Morgan fingerprint density at radius 1 is 1.06 bits per heavy atom. The molecule has 0 aliphatic heterocycles. The van der Waals surface area contributed by atoms with E-state index in [0.29, 0.717) is 5.55 Å². The van der Waals surface area contributed by atoms with Crippen LogP contribution in [0.4, 0.5) is 18.7 Å². The summed E-state index contributed by atoms with van der Waals surface area (Å²) < 4.78 is 37.2. The topological polar surface area (TPSA) is 29.0 Å². The maximum absolute atomic E-state index is 12.4. The van der Waals surface area contributed by atoms with E-state index in [-0.39, 0.29) is 12.1 Å². The molecule has 0 bridgehead atoms. The molecule has 1 unspecified atom stereocenters. The molecule has 16 heavy (non-hydrogen) atoms. The lowest BCUT2D eigenvalue weighted by atomic mass is 10.2. The minimum atomic E-state index is -4.36. The first-order valence-corrected chi connectivity index (χ1v) is 6.01. The highest BCUT2D eigenvalue weighted by Crippen LogP contribution is 2.38. The predicted molar refractivity (Wildman–Crippen MR) is 59.3 cm³/mol. The highest BCUT2D eigenvalue weighted by atomic mass is 31.0. The standard InChI is InChI=1S/C9H15F3N3P/c1-5(2)15(6(3)4)8-14-13-7(16-8)9(10,11)12/h5-6,16H,1-4H3. The zero-order valence-corrected chi connectivity index (χ0v) is 10.6. The molecule has 1 heterocycles. The Bertz CT molecular complexity index is 338.